The molecule has 0 rings (SSSR count). The van der Waals surface area contributed by atoms with Crippen LogP contribution in [0.25, 0.3) is 0 Å². The predicted octanol–water partition coefficient (Wildman–Crippen LogP) is 0.0174. The molecule has 0 amide bonds. The highest BCUT2D eigenvalue weighted by molar-refractivity contribution is 5.88. The van der Waals surface area contributed by atoms with Gasteiger partial charge in [0.1, 0.15) is 6.04 Å². The minimum Gasteiger partial charge on any atom is -0.392 e. The zero-order chi connectivity index (χ0) is 14.7. The topological polar surface area (TPSA) is 134 Å². The molecule has 0 saturated carbocycles. The summed E-state index contributed by atoms with van der Waals surface area (Å²) >= 11 is 0. The molecule has 0 spiro atoms. The lowest BCUT2D eigenvalue weighted by Gasteiger charge is -2.09. The van der Waals surface area contributed by atoms with Crippen molar-refractivity contribution in [2.75, 3.05) is 6.54 Å². The van der Waals surface area contributed by atoms with E-state index in [9.17, 15) is 9.59 Å². The molecule has 0 bridgehead atoms. The van der Waals surface area contributed by atoms with Gasteiger partial charge in [0.2, 0.25) is 0 Å². The van der Waals surface area contributed by atoms with Crippen molar-refractivity contribution in [3.8, 4) is 0 Å². The fourth-order valence-corrected chi connectivity index (χ4v) is 1.40. The maximum Gasteiger partial charge on any atom is 0.330 e. The molecule has 6 N–H and O–H groups in total. The summed E-state index contributed by atoms with van der Waals surface area (Å²) in [5.41, 5.74) is 15.9. The molecule has 0 fully saturated rings. The molecule has 0 aromatic carbocycles. The zero-order valence-corrected chi connectivity index (χ0v) is 11.4. The van der Waals surface area contributed by atoms with Crippen LogP contribution in [0, 0.1) is 0 Å². The first kappa shape index (κ1) is 17.4. The van der Waals surface area contributed by atoms with Gasteiger partial charge in [0, 0.05) is 13.0 Å². The van der Waals surface area contributed by atoms with Gasteiger partial charge in [-0.1, -0.05) is 19.8 Å². The highest BCUT2D eigenvalue weighted by Crippen LogP contribution is 2.03. The number of carbonyl (C=O) groups excluding carboxylic acids is 2. The lowest BCUT2D eigenvalue weighted by molar-refractivity contribution is -0.160. The second-order valence-electron chi connectivity index (χ2n) is 4.31. The molecule has 7 heteroatoms. The monoisotopic (exact) mass is 272 g/mol. The Kier molecular flexibility index (Phi) is 9.42. The molecule has 0 saturated heterocycles. The van der Waals surface area contributed by atoms with Gasteiger partial charge in [-0.2, -0.15) is 0 Å². The molecular weight excluding hydrogens is 248 g/mol. The van der Waals surface area contributed by atoms with E-state index in [1.165, 1.54) is 0 Å². The van der Waals surface area contributed by atoms with Gasteiger partial charge >= 0.3 is 11.9 Å². The van der Waals surface area contributed by atoms with Gasteiger partial charge in [0.05, 0.1) is 0 Å². The van der Waals surface area contributed by atoms with Gasteiger partial charge in [-0.05, 0) is 19.3 Å². The molecule has 0 aliphatic carbocycles. The fraction of sp³-hybridized carbons (Fsp3) is 0.750. The third kappa shape index (κ3) is 10.0. The van der Waals surface area contributed by atoms with Crippen molar-refractivity contribution >= 4 is 17.9 Å². The molecule has 19 heavy (non-hydrogen) atoms. The van der Waals surface area contributed by atoms with E-state index in [1.807, 2.05) is 6.92 Å². The average molecular weight is 272 g/mol. The Morgan fingerprint density at radius 2 is 1.89 bits per heavy atom. The number of aliphatic imine (C=N–C) groups is 1. The zero-order valence-electron chi connectivity index (χ0n) is 11.4. The molecule has 1 atom stereocenters. The Morgan fingerprint density at radius 3 is 2.47 bits per heavy atom. The summed E-state index contributed by atoms with van der Waals surface area (Å²) in [6.07, 6.45) is 3.85. The number of esters is 2. The number of hydrogen-bond donors (Lipinski definition) is 3. The van der Waals surface area contributed by atoms with Crippen LogP contribution in [-0.4, -0.2) is 30.5 Å². The number of unbranched alkanes of at least 4 members (excludes halogenated alkanes) is 2. The lowest BCUT2D eigenvalue weighted by atomic mass is 10.1. The number of hydrogen-bond acceptors (Lipinski definition) is 5. The second kappa shape index (κ2) is 10.3. The summed E-state index contributed by atoms with van der Waals surface area (Å²) in [6.45, 7) is 2.43. The van der Waals surface area contributed by atoms with Crippen LogP contribution >= 0.6 is 0 Å². The Labute approximate surface area is 113 Å². The maximum absolute atomic E-state index is 11.5. The lowest BCUT2D eigenvalue weighted by Crippen LogP contribution is -2.34. The summed E-state index contributed by atoms with van der Waals surface area (Å²) in [5.74, 6) is -1.20. The predicted molar refractivity (Wildman–Crippen MR) is 73.1 cm³/mol. The number of ether oxygens (including phenoxy) is 1. The van der Waals surface area contributed by atoms with Crippen LogP contribution in [0.3, 0.4) is 0 Å². The molecule has 0 radical (unpaired) electrons. The minimum atomic E-state index is -0.815. The number of guanidine groups is 1. The average Bonchev–Trinajstić information content (AvgIpc) is 2.34. The van der Waals surface area contributed by atoms with Crippen LogP contribution in [0.1, 0.15) is 45.4 Å². The smallest absolute Gasteiger partial charge is 0.330 e. The van der Waals surface area contributed by atoms with Crippen LogP contribution in [0.15, 0.2) is 4.99 Å². The molecule has 0 aromatic heterocycles. The van der Waals surface area contributed by atoms with Crippen molar-refractivity contribution in [3.05, 3.63) is 0 Å². The SMILES string of the molecule is CCCCCC(=O)OC(=O)[C@@H](N)CCCN=C(N)N. The van der Waals surface area contributed by atoms with Crippen molar-refractivity contribution < 1.29 is 14.3 Å². The highest BCUT2D eigenvalue weighted by Gasteiger charge is 2.18. The molecule has 0 unspecified atom stereocenters. The third-order valence-electron chi connectivity index (χ3n) is 2.47. The first-order chi connectivity index (χ1) is 8.97. The van der Waals surface area contributed by atoms with Gasteiger partial charge < -0.3 is 21.9 Å². The molecule has 7 nitrogen and oxygen atoms in total. The van der Waals surface area contributed by atoms with Gasteiger partial charge in [-0.15, -0.1) is 0 Å². The number of nitrogens with zero attached hydrogens (tertiary/aromatic N) is 1. The van der Waals surface area contributed by atoms with Crippen LogP contribution in [0.2, 0.25) is 0 Å². The first-order valence-electron chi connectivity index (χ1n) is 6.52. The molecular formula is C12H24N4O3. The molecule has 110 valence electrons. The maximum atomic E-state index is 11.5. The van der Waals surface area contributed by atoms with E-state index in [0.717, 1.165) is 19.3 Å². The summed E-state index contributed by atoms with van der Waals surface area (Å²) < 4.78 is 4.65. The summed E-state index contributed by atoms with van der Waals surface area (Å²) in [7, 11) is 0. The van der Waals surface area contributed by atoms with E-state index in [2.05, 4.69) is 9.73 Å². The summed E-state index contributed by atoms with van der Waals surface area (Å²) in [4.78, 5) is 26.5. The van der Waals surface area contributed by atoms with E-state index in [0.29, 0.717) is 19.4 Å². The van der Waals surface area contributed by atoms with Crippen LogP contribution in [0.5, 0.6) is 0 Å². The van der Waals surface area contributed by atoms with Gasteiger partial charge in [0.25, 0.3) is 0 Å². The summed E-state index contributed by atoms with van der Waals surface area (Å²) in [6, 6.07) is -0.815. The third-order valence-corrected chi connectivity index (χ3v) is 2.47. The van der Waals surface area contributed by atoms with E-state index in [-0.39, 0.29) is 12.4 Å². The van der Waals surface area contributed by atoms with Crippen LogP contribution < -0.4 is 17.2 Å². The van der Waals surface area contributed by atoms with E-state index >= 15 is 0 Å². The normalized spacial score (nSPS) is 11.7. The van der Waals surface area contributed by atoms with E-state index in [4.69, 9.17) is 17.2 Å². The van der Waals surface area contributed by atoms with E-state index < -0.39 is 18.0 Å². The van der Waals surface area contributed by atoms with Crippen molar-refractivity contribution in [3.63, 3.8) is 0 Å². The minimum absolute atomic E-state index is 0.00208. The fourth-order valence-electron chi connectivity index (χ4n) is 1.40. The van der Waals surface area contributed by atoms with Crippen molar-refractivity contribution in [2.24, 2.45) is 22.2 Å². The quantitative estimate of drug-likeness (QED) is 0.178. The number of carbonyl (C=O) groups is 2. The molecule has 0 heterocycles. The number of rotatable bonds is 9. The Balaban J connectivity index is 3.80. The molecule has 0 aliphatic heterocycles. The molecule has 0 aliphatic rings. The summed E-state index contributed by atoms with van der Waals surface area (Å²) in [5, 5.41) is 0. The van der Waals surface area contributed by atoms with Crippen molar-refractivity contribution in [1.29, 1.82) is 0 Å². The highest BCUT2D eigenvalue weighted by atomic mass is 16.6. The van der Waals surface area contributed by atoms with Gasteiger partial charge in [0.15, 0.2) is 5.96 Å². The Bertz CT molecular complexity index is 314. The van der Waals surface area contributed by atoms with Gasteiger partial charge in [-0.3, -0.25) is 9.79 Å². The molecule has 0 aromatic rings. The standard InChI is InChI=1S/C12H24N4O3/c1-2-3-4-7-10(17)19-11(18)9(13)6-5-8-16-12(14)15/h9H,2-8,13H2,1H3,(H4,14,15,16)/t9-/m0/s1. The van der Waals surface area contributed by atoms with Crippen molar-refractivity contribution in [1.82, 2.24) is 0 Å². The van der Waals surface area contributed by atoms with Gasteiger partial charge in [-0.25, -0.2) is 4.79 Å². The Hall–Kier alpha value is -1.63. The van der Waals surface area contributed by atoms with Crippen molar-refractivity contribution in [2.45, 2.75) is 51.5 Å². The Morgan fingerprint density at radius 1 is 1.21 bits per heavy atom. The van der Waals surface area contributed by atoms with Crippen LogP contribution in [-0.2, 0) is 14.3 Å². The van der Waals surface area contributed by atoms with Crippen LogP contribution in [0.4, 0.5) is 0 Å². The second-order valence-corrected chi connectivity index (χ2v) is 4.31. The largest absolute Gasteiger partial charge is 0.392 e. The first-order valence-corrected chi connectivity index (χ1v) is 6.52. The number of nitrogens with two attached hydrogens (primary N) is 3. The van der Waals surface area contributed by atoms with E-state index in [1.54, 1.807) is 0 Å².